The van der Waals surface area contributed by atoms with Crippen molar-refractivity contribution in [2.45, 2.75) is 5.51 Å². The molecule has 0 aliphatic rings. The standard InChI is InChI=1S/C14H7F3O6S/c15-14(16,17)24(20,21)23-7-5-9(18)12-11(6-7)22-10-4-2-1-3-8(10)13(12)19/h1-6,18H. The predicted octanol–water partition coefficient (Wildman–Crippen LogP) is 2.88. The molecule has 0 unspecified atom stereocenters. The number of aromatic hydroxyl groups is 1. The molecular weight excluding hydrogens is 353 g/mol. The predicted molar refractivity (Wildman–Crippen MR) is 77.3 cm³/mol. The fourth-order valence-electron chi connectivity index (χ4n) is 2.10. The quantitative estimate of drug-likeness (QED) is 0.429. The molecule has 10 heteroatoms. The van der Waals surface area contributed by atoms with E-state index < -0.39 is 32.6 Å². The highest BCUT2D eigenvalue weighted by Crippen LogP contribution is 2.33. The lowest BCUT2D eigenvalue weighted by Crippen LogP contribution is -2.28. The Hall–Kier alpha value is -2.75. The second-order valence-electron chi connectivity index (χ2n) is 4.73. The minimum Gasteiger partial charge on any atom is -0.507 e. The Labute approximate surface area is 131 Å². The van der Waals surface area contributed by atoms with Crippen LogP contribution >= 0.6 is 0 Å². The molecule has 0 atom stereocenters. The van der Waals surface area contributed by atoms with E-state index in [9.17, 15) is 31.5 Å². The van der Waals surface area contributed by atoms with Crippen LogP contribution in [0.25, 0.3) is 21.9 Å². The van der Waals surface area contributed by atoms with Gasteiger partial charge in [-0.2, -0.15) is 21.6 Å². The van der Waals surface area contributed by atoms with Crippen molar-refractivity contribution in [3.05, 3.63) is 46.6 Å². The van der Waals surface area contributed by atoms with Crippen molar-refractivity contribution in [2.75, 3.05) is 0 Å². The SMILES string of the molecule is O=c1c2ccccc2oc2cc(OS(=O)(=O)C(F)(F)F)cc(O)c12. The summed E-state index contributed by atoms with van der Waals surface area (Å²) >= 11 is 0. The molecule has 1 N–H and O–H groups in total. The van der Waals surface area contributed by atoms with Crippen molar-refractivity contribution in [3.63, 3.8) is 0 Å². The van der Waals surface area contributed by atoms with Crippen molar-refractivity contribution >= 4 is 32.1 Å². The van der Waals surface area contributed by atoms with Crippen LogP contribution in [0.15, 0.2) is 45.6 Å². The zero-order valence-corrected chi connectivity index (χ0v) is 12.3. The second-order valence-corrected chi connectivity index (χ2v) is 6.26. The van der Waals surface area contributed by atoms with E-state index in [1.165, 1.54) is 12.1 Å². The Morgan fingerprint density at radius 1 is 1.08 bits per heavy atom. The van der Waals surface area contributed by atoms with Gasteiger partial charge in [0.05, 0.1) is 5.39 Å². The maximum Gasteiger partial charge on any atom is 0.534 e. The number of hydrogen-bond donors (Lipinski definition) is 1. The zero-order chi connectivity index (χ0) is 17.7. The first-order valence-electron chi connectivity index (χ1n) is 6.29. The summed E-state index contributed by atoms with van der Waals surface area (Å²) < 4.78 is 68.4. The molecule has 3 rings (SSSR count). The Balaban J connectivity index is 2.25. The van der Waals surface area contributed by atoms with Gasteiger partial charge in [-0.25, -0.2) is 0 Å². The molecule has 24 heavy (non-hydrogen) atoms. The third kappa shape index (κ3) is 2.54. The topological polar surface area (TPSA) is 93.8 Å². The minimum atomic E-state index is -5.92. The first-order chi connectivity index (χ1) is 11.1. The summed E-state index contributed by atoms with van der Waals surface area (Å²) in [6.07, 6.45) is 0. The van der Waals surface area contributed by atoms with Crippen LogP contribution < -0.4 is 9.61 Å². The van der Waals surface area contributed by atoms with Crippen LogP contribution in [0.2, 0.25) is 0 Å². The lowest BCUT2D eigenvalue weighted by Gasteiger charge is -2.10. The smallest absolute Gasteiger partial charge is 0.507 e. The van der Waals surface area contributed by atoms with Gasteiger partial charge in [0.15, 0.2) is 0 Å². The van der Waals surface area contributed by atoms with Gasteiger partial charge in [-0.15, -0.1) is 0 Å². The lowest BCUT2D eigenvalue weighted by molar-refractivity contribution is -0.0500. The van der Waals surface area contributed by atoms with Gasteiger partial charge in [-0.05, 0) is 12.1 Å². The summed E-state index contributed by atoms with van der Waals surface area (Å²) in [5, 5.41) is 9.73. The molecule has 126 valence electrons. The van der Waals surface area contributed by atoms with E-state index in [0.29, 0.717) is 6.07 Å². The van der Waals surface area contributed by atoms with Crippen molar-refractivity contribution in [2.24, 2.45) is 0 Å². The van der Waals surface area contributed by atoms with Crippen LogP contribution in [0.3, 0.4) is 0 Å². The number of halogens is 3. The normalized spacial score (nSPS) is 12.6. The van der Waals surface area contributed by atoms with Crippen molar-refractivity contribution in [1.29, 1.82) is 0 Å². The van der Waals surface area contributed by atoms with E-state index in [4.69, 9.17) is 4.42 Å². The Morgan fingerprint density at radius 2 is 1.75 bits per heavy atom. The van der Waals surface area contributed by atoms with E-state index in [1.54, 1.807) is 12.1 Å². The van der Waals surface area contributed by atoms with Crippen LogP contribution in [-0.2, 0) is 10.1 Å². The fourth-order valence-corrected chi connectivity index (χ4v) is 2.55. The monoisotopic (exact) mass is 360 g/mol. The van der Waals surface area contributed by atoms with Gasteiger partial charge in [0.2, 0.25) is 5.43 Å². The molecule has 0 spiro atoms. The summed E-state index contributed by atoms with van der Waals surface area (Å²) in [6, 6.07) is 7.39. The van der Waals surface area contributed by atoms with Crippen LogP contribution in [-0.4, -0.2) is 19.0 Å². The van der Waals surface area contributed by atoms with E-state index in [2.05, 4.69) is 4.18 Å². The number of fused-ring (bicyclic) bond motifs is 2. The Kier molecular flexibility index (Phi) is 3.44. The van der Waals surface area contributed by atoms with Gasteiger partial charge in [-0.3, -0.25) is 4.79 Å². The molecule has 0 fully saturated rings. The van der Waals surface area contributed by atoms with E-state index in [-0.39, 0.29) is 21.9 Å². The number of alkyl halides is 3. The van der Waals surface area contributed by atoms with Gasteiger partial charge < -0.3 is 13.7 Å². The second kappa shape index (κ2) is 5.13. The van der Waals surface area contributed by atoms with Gasteiger partial charge in [-0.1, -0.05) is 12.1 Å². The van der Waals surface area contributed by atoms with Gasteiger partial charge in [0.1, 0.15) is 28.1 Å². The first-order valence-corrected chi connectivity index (χ1v) is 7.70. The number of hydrogen-bond acceptors (Lipinski definition) is 6. The molecule has 1 heterocycles. The number of phenols is 1. The summed E-state index contributed by atoms with van der Waals surface area (Å²) in [5.41, 5.74) is -6.45. The summed E-state index contributed by atoms with van der Waals surface area (Å²) in [7, 11) is -5.92. The van der Waals surface area contributed by atoms with Crippen LogP contribution in [0.4, 0.5) is 13.2 Å². The lowest BCUT2D eigenvalue weighted by atomic mass is 10.1. The molecule has 2 aromatic carbocycles. The highest BCUT2D eigenvalue weighted by atomic mass is 32.2. The van der Waals surface area contributed by atoms with Crippen molar-refractivity contribution < 1.29 is 35.3 Å². The average Bonchev–Trinajstić information content (AvgIpc) is 2.45. The minimum absolute atomic E-state index is 0.116. The molecule has 0 amide bonds. The highest BCUT2D eigenvalue weighted by molar-refractivity contribution is 7.88. The van der Waals surface area contributed by atoms with Crippen LogP contribution in [0.1, 0.15) is 0 Å². The molecule has 0 aliphatic carbocycles. The van der Waals surface area contributed by atoms with Crippen molar-refractivity contribution in [3.8, 4) is 11.5 Å². The molecular formula is C14H7F3O6S. The Bertz CT molecular complexity index is 1110. The van der Waals surface area contributed by atoms with Gasteiger partial charge in [0, 0.05) is 12.1 Å². The highest BCUT2D eigenvalue weighted by Gasteiger charge is 2.48. The maximum atomic E-state index is 12.4. The van der Waals surface area contributed by atoms with E-state index in [0.717, 1.165) is 6.07 Å². The summed E-state index contributed by atoms with van der Waals surface area (Å²) in [6.45, 7) is 0. The van der Waals surface area contributed by atoms with E-state index in [1.807, 2.05) is 0 Å². The molecule has 0 saturated carbocycles. The van der Waals surface area contributed by atoms with Crippen LogP contribution in [0.5, 0.6) is 11.5 Å². The largest absolute Gasteiger partial charge is 0.534 e. The molecule has 1 aromatic heterocycles. The average molecular weight is 360 g/mol. The molecule has 0 saturated heterocycles. The number of phenolic OH excluding ortho intramolecular Hbond substituents is 1. The maximum absolute atomic E-state index is 12.4. The summed E-state index contributed by atoms with van der Waals surface area (Å²) in [4.78, 5) is 12.3. The third-order valence-corrected chi connectivity index (χ3v) is 4.10. The van der Waals surface area contributed by atoms with Crippen LogP contribution in [0, 0.1) is 0 Å². The van der Waals surface area contributed by atoms with Crippen molar-refractivity contribution in [1.82, 2.24) is 0 Å². The van der Waals surface area contributed by atoms with E-state index >= 15 is 0 Å². The first kappa shape index (κ1) is 16.1. The molecule has 0 bridgehead atoms. The van der Waals surface area contributed by atoms with Gasteiger partial charge >= 0.3 is 15.6 Å². The fraction of sp³-hybridized carbons (Fsp3) is 0.0714. The molecule has 0 aliphatic heterocycles. The number of rotatable bonds is 2. The molecule has 0 radical (unpaired) electrons. The molecule has 3 aromatic rings. The zero-order valence-electron chi connectivity index (χ0n) is 11.5. The Morgan fingerprint density at radius 3 is 2.42 bits per heavy atom. The molecule has 6 nitrogen and oxygen atoms in total. The number of para-hydroxylation sites is 1. The number of benzene rings is 2. The summed E-state index contributed by atoms with van der Waals surface area (Å²) in [5.74, 6) is -1.60. The third-order valence-electron chi connectivity index (χ3n) is 3.12. The van der Waals surface area contributed by atoms with Gasteiger partial charge in [0.25, 0.3) is 0 Å².